The first-order valence-corrected chi connectivity index (χ1v) is 5.36. The number of nitrogens with two attached hydrogens (primary N) is 1. The quantitative estimate of drug-likeness (QED) is 0.624. The summed E-state index contributed by atoms with van der Waals surface area (Å²) in [5.74, 6) is -0.391. The number of fused-ring (bicyclic) bond motifs is 1. The molecule has 15 heavy (non-hydrogen) atoms. The standard InChI is InChI=1S/C10H10N2O2S/c1-2-14-10(13)9-12-7-5-3-4-6(11)8(7)15-9/h3-5H,2,11H2,1H3. The molecule has 0 radical (unpaired) electrons. The number of nitrogen functional groups attached to an aromatic ring is 1. The second-order valence-electron chi connectivity index (χ2n) is 2.93. The Morgan fingerprint density at radius 2 is 2.40 bits per heavy atom. The zero-order chi connectivity index (χ0) is 10.8. The molecule has 78 valence electrons. The molecule has 2 rings (SSSR count). The summed E-state index contributed by atoms with van der Waals surface area (Å²) < 4.78 is 5.70. The number of carbonyl (C=O) groups excluding carboxylic acids is 1. The van der Waals surface area contributed by atoms with Crippen LogP contribution >= 0.6 is 11.3 Å². The summed E-state index contributed by atoms with van der Waals surface area (Å²) in [6, 6.07) is 5.42. The highest BCUT2D eigenvalue weighted by molar-refractivity contribution is 7.20. The van der Waals surface area contributed by atoms with Gasteiger partial charge in [-0.05, 0) is 19.1 Å². The Bertz CT molecular complexity index is 507. The van der Waals surface area contributed by atoms with Crippen molar-refractivity contribution in [1.82, 2.24) is 4.98 Å². The van der Waals surface area contributed by atoms with Crippen LogP contribution in [0.2, 0.25) is 0 Å². The van der Waals surface area contributed by atoms with Crippen LogP contribution in [0, 0.1) is 0 Å². The van der Waals surface area contributed by atoms with Crippen molar-refractivity contribution < 1.29 is 9.53 Å². The third-order valence-electron chi connectivity index (χ3n) is 1.90. The normalized spacial score (nSPS) is 10.5. The van der Waals surface area contributed by atoms with Gasteiger partial charge >= 0.3 is 5.97 Å². The average molecular weight is 222 g/mol. The predicted molar refractivity (Wildman–Crippen MR) is 60.0 cm³/mol. The lowest BCUT2D eigenvalue weighted by Crippen LogP contribution is -2.03. The van der Waals surface area contributed by atoms with Crippen LogP contribution in [0.3, 0.4) is 0 Å². The Morgan fingerprint density at radius 1 is 1.60 bits per heavy atom. The third-order valence-corrected chi connectivity index (χ3v) is 3.00. The van der Waals surface area contributed by atoms with Crippen LogP contribution in [-0.2, 0) is 4.74 Å². The van der Waals surface area contributed by atoms with Crippen molar-refractivity contribution in [3.63, 3.8) is 0 Å². The van der Waals surface area contributed by atoms with Crippen molar-refractivity contribution >= 4 is 33.2 Å². The molecule has 0 bridgehead atoms. The molecule has 0 aliphatic carbocycles. The highest BCUT2D eigenvalue weighted by atomic mass is 32.1. The van der Waals surface area contributed by atoms with E-state index >= 15 is 0 Å². The summed E-state index contributed by atoms with van der Waals surface area (Å²) >= 11 is 1.26. The maximum Gasteiger partial charge on any atom is 0.367 e. The summed E-state index contributed by atoms with van der Waals surface area (Å²) in [6.07, 6.45) is 0. The fourth-order valence-corrected chi connectivity index (χ4v) is 2.13. The van der Waals surface area contributed by atoms with Crippen LogP contribution in [0.5, 0.6) is 0 Å². The monoisotopic (exact) mass is 222 g/mol. The molecule has 0 aliphatic heterocycles. The van der Waals surface area contributed by atoms with Crippen molar-refractivity contribution in [1.29, 1.82) is 0 Å². The minimum Gasteiger partial charge on any atom is -0.461 e. The van der Waals surface area contributed by atoms with E-state index in [-0.39, 0.29) is 0 Å². The first kappa shape index (κ1) is 9.92. The number of hydrogen-bond donors (Lipinski definition) is 1. The second kappa shape index (κ2) is 3.86. The molecular weight excluding hydrogens is 212 g/mol. The maximum atomic E-state index is 11.4. The predicted octanol–water partition coefficient (Wildman–Crippen LogP) is 2.06. The molecule has 0 saturated heterocycles. The van der Waals surface area contributed by atoms with Gasteiger partial charge in [0.15, 0.2) is 0 Å². The van der Waals surface area contributed by atoms with E-state index in [1.807, 2.05) is 12.1 Å². The van der Waals surface area contributed by atoms with Gasteiger partial charge in [0.2, 0.25) is 5.01 Å². The number of thiazole rings is 1. The molecule has 2 aromatic rings. The van der Waals surface area contributed by atoms with E-state index in [9.17, 15) is 4.79 Å². The number of ether oxygens (including phenoxy) is 1. The van der Waals surface area contributed by atoms with Gasteiger partial charge in [-0.25, -0.2) is 9.78 Å². The molecule has 0 unspecified atom stereocenters. The first-order chi connectivity index (χ1) is 7.22. The zero-order valence-electron chi connectivity index (χ0n) is 8.19. The molecule has 0 spiro atoms. The smallest absolute Gasteiger partial charge is 0.367 e. The maximum absolute atomic E-state index is 11.4. The van der Waals surface area contributed by atoms with Crippen LogP contribution in [0.25, 0.3) is 10.2 Å². The number of esters is 1. The van der Waals surface area contributed by atoms with Gasteiger partial charge in [0.05, 0.1) is 22.5 Å². The van der Waals surface area contributed by atoms with Gasteiger partial charge in [0, 0.05) is 0 Å². The van der Waals surface area contributed by atoms with Gasteiger partial charge < -0.3 is 10.5 Å². The van der Waals surface area contributed by atoms with E-state index in [1.165, 1.54) is 11.3 Å². The van der Waals surface area contributed by atoms with Gasteiger partial charge in [-0.15, -0.1) is 11.3 Å². The lowest BCUT2D eigenvalue weighted by Gasteiger charge is -1.94. The van der Waals surface area contributed by atoms with E-state index in [0.717, 1.165) is 10.2 Å². The number of rotatable bonds is 2. The Labute approximate surface area is 90.7 Å². The molecule has 1 aromatic carbocycles. The molecular formula is C10H10N2O2S. The van der Waals surface area contributed by atoms with Crippen LogP contribution in [0.15, 0.2) is 18.2 Å². The zero-order valence-corrected chi connectivity index (χ0v) is 9.00. The lowest BCUT2D eigenvalue weighted by atomic mass is 10.3. The SMILES string of the molecule is CCOC(=O)c1nc2cccc(N)c2s1. The highest BCUT2D eigenvalue weighted by Gasteiger charge is 2.13. The minimum absolute atomic E-state index is 0.351. The van der Waals surface area contributed by atoms with Gasteiger partial charge in [-0.3, -0.25) is 0 Å². The number of carbonyl (C=O) groups is 1. The van der Waals surface area contributed by atoms with Crippen molar-refractivity contribution in [2.45, 2.75) is 6.92 Å². The molecule has 0 amide bonds. The molecule has 4 nitrogen and oxygen atoms in total. The average Bonchev–Trinajstić information content (AvgIpc) is 2.63. The van der Waals surface area contributed by atoms with Gasteiger partial charge in [-0.1, -0.05) is 6.07 Å². The van der Waals surface area contributed by atoms with E-state index in [1.54, 1.807) is 13.0 Å². The summed E-state index contributed by atoms with van der Waals surface area (Å²) in [4.78, 5) is 15.6. The Morgan fingerprint density at radius 3 is 3.07 bits per heavy atom. The molecule has 0 saturated carbocycles. The molecule has 0 atom stereocenters. The number of benzene rings is 1. The fourth-order valence-electron chi connectivity index (χ4n) is 1.25. The van der Waals surface area contributed by atoms with E-state index < -0.39 is 5.97 Å². The molecule has 2 N–H and O–H groups in total. The van der Waals surface area contributed by atoms with Crippen molar-refractivity contribution in [2.75, 3.05) is 12.3 Å². The molecule has 5 heteroatoms. The summed E-state index contributed by atoms with van der Waals surface area (Å²) in [5.41, 5.74) is 7.14. The van der Waals surface area contributed by atoms with Gasteiger partial charge in [-0.2, -0.15) is 0 Å². The summed E-state index contributed by atoms with van der Waals surface area (Å²) in [7, 11) is 0. The Kier molecular flexibility index (Phi) is 2.55. The van der Waals surface area contributed by atoms with Crippen LogP contribution in [0.4, 0.5) is 5.69 Å². The molecule has 0 aliphatic rings. The second-order valence-corrected chi connectivity index (χ2v) is 3.93. The summed E-state index contributed by atoms with van der Waals surface area (Å²) in [6.45, 7) is 2.11. The number of nitrogens with zero attached hydrogens (tertiary/aromatic N) is 1. The van der Waals surface area contributed by atoms with Crippen molar-refractivity contribution in [3.05, 3.63) is 23.2 Å². The fraction of sp³-hybridized carbons (Fsp3) is 0.200. The number of aromatic nitrogens is 1. The molecule has 0 fully saturated rings. The van der Waals surface area contributed by atoms with Crippen LogP contribution < -0.4 is 5.73 Å². The lowest BCUT2D eigenvalue weighted by molar-refractivity contribution is 0.0526. The summed E-state index contributed by atoms with van der Waals surface area (Å²) in [5, 5.41) is 0.352. The van der Waals surface area contributed by atoms with Gasteiger partial charge in [0.25, 0.3) is 0 Å². The van der Waals surface area contributed by atoms with Crippen LogP contribution in [0.1, 0.15) is 16.7 Å². The van der Waals surface area contributed by atoms with E-state index in [0.29, 0.717) is 17.3 Å². The van der Waals surface area contributed by atoms with E-state index in [2.05, 4.69) is 4.98 Å². The highest BCUT2D eigenvalue weighted by Crippen LogP contribution is 2.27. The Hall–Kier alpha value is -1.62. The minimum atomic E-state index is -0.391. The van der Waals surface area contributed by atoms with Crippen LogP contribution in [-0.4, -0.2) is 17.6 Å². The number of anilines is 1. The molecule has 1 heterocycles. The number of hydrogen-bond acceptors (Lipinski definition) is 5. The topological polar surface area (TPSA) is 65.2 Å². The largest absolute Gasteiger partial charge is 0.461 e. The third kappa shape index (κ3) is 1.78. The van der Waals surface area contributed by atoms with Crippen molar-refractivity contribution in [3.8, 4) is 0 Å². The molecule has 1 aromatic heterocycles. The van der Waals surface area contributed by atoms with Gasteiger partial charge in [0.1, 0.15) is 0 Å². The van der Waals surface area contributed by atoms with Crippen molar-refractivity contribution in [2.24, 2.45) is 0 Å². The first-order valence-electron chi connectivity index (χ1n) is 4.54. The van der Waals surface area contributed by atoms with E-state index in [4.69, 9.17) is 10.5 Å². The Balaban J connectivity index is 2.47.